The lowest BCUT2D eigenvalue weighted by Crippen LogP contribution is -2.14. The zero-order valence-electron chi connectivity index (χ0n) is 15.0. The molecule has 6 heteroatoms. The minimum absolute atomic E-state index is 0.239. The van der Waals surface area contributed by atoms with Crippen LogP contribution in [0.25, 0.3) is 5.69 Å². The van der Waals surface area contributed by atoms with E-state index in [2.05, 4.69) is 10.4 Å². The summed E-state index contributed by atoms with van der Waals surface area (Å²) >= 11 is 0. The maximum atomic E-state index is 14.1. The third-order valence-electron chi connectivity index (χ3n) is 4.39. The molecule has 1 heterocycles. The van der Waals surface area contributed by atoms with Gasteiger partial charge in [-0.3, -0.25) is 0 Å². The average molecular weight is 357 g/mol. The SMILES string of the molecule is COc1ccccc1CNCc1c(C)nn(-c2ccc(F)cc2F)c1C. The van der Waals surface area contributed by atoms with E-state index in [4.69, 9.17) is 4.74 Å². The Morgan fingerprint density at radius 2 is 1.85 bits per heavy atom. The molecule has 0 saturated carbocycles. The van der Waals surface area contributed by atoms with Crippen molar-refractivity contribution in [3.63, 3.8) is 0 Å². The molecule has 0 saturated heterocycles. The molecule has 0 unspecified atom stereocenters. The van der Waals surface area contributed by atoms with E-state index < -0.39 is 11.6 Å². The normalized spacial score (nSPS) is 11.0. The first-order valence-electron chi connectivity index (χ1n) is 8.34. The van der Waals surface area contributed by atoms with Crippen molar-refractivity contribution >= 4 is 0 Å². The number of methoxy groups -OCH3 is 1. The van der Waals surface area contributed by atoms with Crippen molar-refractivity contribution in [1.29, 1.82) is 0 Å². The molecule has 0 aliphatic carbocycles. The summed E-state index contributed by atoms with van der Waals surface area (Å²) in [6, 6.07) is 11.3. The summed E-state index contributed by atoms with van der Waals surface area (Å²) in [5.74, 6) is -0.409. The summed E-state index contributed by atoms with van der Waals surface area (Å²) in [4.78, 5) is 0. The Morgan fingerprint density at radius 3 is 2.58 bits per heavy atom. The Hall–Kier alpha value is -2.73. The predicted octanol–water partition coefficient (Wildman–Crippen LogP) is 4.07. The zero-order chi connectivity index (χ0) is 18.7. The van der Waals surface area contributed by atoms with E-state index in [0.29, 0.717) is 13.1 Å². The van der Waals surface area contributed by atoms with Crippen molar-refractivity contribution < 1.29 is 13.5 Å². The van der Waals surface area contributed by atoms with E-state index >= 15 is 0 Å². The fourth-order valence-corrected chi connectivity index (χ4v) is 2.99. The second-order valence-corrected chi connectivity index (χ2v) is 6.07. The first-order valence-corrected chi connectivity index (χ1v) is 8.34. The summed E-state index contributed by atoms with van der Waals surface area (Å²) in [7, 11) is 1.65. The van der Waals surface area contributed by atoms with Crippen LogP contribution in [0.4, 0.5) is 8.78 Å². The second-order valence-electron chi connectivity index (χ2n) is 6.07. The summed E-state index contributed by atoms with van der Waals surface area (Å²) in [5, 5.41) is 7.80. The Morgan fingerprint density at radius 1 is 1.08 bits per heavy atom. The molecule has 4 nitrogen and oxygen atoms in total. The van der Waals surface area contributed by atoms with Gasteiger partial charge in [-0.15, -0.1) is 0 Å². The van der Waals surface area contributed by atoms with Gasteiger partial charge in [-0.05, 0) is 32.0 Å². The third kappa shape index (κ3) is 3.60. The van der Waals surface area contributed by atoms with E-state index in [9.17, 15) is 8.78 Å². The summed E-state index contributed by atoms with van der Waals surface area (Å²) < 4.78 is 34.1. The Kier molecular flexibility index (Phi) is 5.32. The molecule has 3 aromatic rings. The van der Waals surface area contributed by atoms with Gasteiger partial charge in [0.05, 0.1) is 12.8 Å². The number of para-hydroxylation sites is 1. The number of halogens is 2. The Labute approximate surface area is 151 Å². The number of ether oxygens (including phenoxy) is 1. The Balaban J connectivity index is 1.78. The predicted molar refractivity (Wildman–Crippen MR) is 96.5 cm³/mol. The van der Waals surface area contributed by atoms with Gasteiger partial charge in [-0.2, -0.15) is 5.10 Å². The van der Waals surface area contributed by atoms with Crippen LogP contribution in [-0.2, 0) is 13.1 Å². The van der Waals surface area contributed by atoms with Gasteiger partial charge in [-0.25, -0.2) is 13.5 Å². The minimum atomic E-state index is -0.635. The van der Waals surface area contributed by atoms with Gasteiger partial charge in [0.15, 0.2) is 5.82 Å². The largest absolute Gasteiger partial charge is 0.496 e. The molecule has 2 aromatic carbocycles. The maximum absolute atomic E-state index is 14.1. The molecule has 1 N–H and O–H groups in total. The van der Waals surface area contributed by atoms with Gasteiger partial charge in [0, 0.05) is 36.0 Å². The van der Waals surface area contributed by atoms with Crippen LogP contribution in [0.5, 0.6) is 5.75 Å². The maximum Gasteiger partial charge on any atom is 0.151 e. The lowest BCUT2D eigenvalue weighted by atomic mass is 10.1. The topological polar surface area (TPSA) is 39.1 Å². The van der Waals surface area contributed by atoms with Gasteiger partial charge in [0.2, 0.25) is 0 Å². The van der Waals surface area contributed by atoms with Gasteiger partial charge in [-0.1, -0.05) is 18.2 Å². The van der Waals surface area contributed by atoms with Crippen molar-refractivity contribution in [1.82, 2.24) is 15.1 Å². The number of hydrogen-bond donors (Lipinski definition) is 1. The molecule has 136 valence electrons. The molecule has 0 amide bonds. The highest BCUT2D eigenvalue weighted by atomic mass is 19.1. The number of aryl methyl sites for hydroxylation is 1. The van der Waals surface area contributed by atoms with Crippen molar-refractivity contribution in [2.75, 3.05) is 7.11 Å². The van der Waals surface area contributed by atoms with Crippen LogP contribution in [0.1, 0.15) is 22.5 Å². The molecule has 0 aliphatic rings. The van der Waals surface area contributed by atoms with Crippen LogP contribution < -0.4 is 10.1 Å². The molecule has 0 atom stereocenters. The number of nitrogens with zero attached hydrogens (tertiary/aromatic N) is 2. The quantitative estimate of drug-likeness (QED) is 0.723. The molecule has 0 spiro atoms. The summed E-state index contributed by atoms with van der Waals surface area (Å²) in [6.07, 6.45) is 0. The lowest BCUT2D eigenvalue weighted by molar-refractivity contribution is 0.407. The van der Waals surface area contributed by atoms with Crippen LogP contribution in [0.15, 0.2) is 42.5 Å². The van der Waals surface area contributed by atoms with E-state index in [-0.39, 0.29) is 5.69 Å². The van der Waals surface area contributed by atoms with Crippen LogP contribution in [0.3, 0.4) is 0 Å². The van der Waals surface area contributed by atoms with Crippen molar-refractivity contribution in [3.8, 4) is 11.4 Å². The molecule has 3 rings (SSSR count). The number of nitrogens with one attached hydrogen (secondary N) is 1. The van der Waals surface area contributed by atoms with E-state index in [0.717, 1.165) is 34.3 Å². The van der Waals surface area contributed by atoms with Crippen LogP contribution in [0.2, 0.25) is 0 Å². The first-order chi connectivity index (χ1) is 12.5. The highest BCUT2D eigenvalue weighted by Crippen LogP contribution is 2.21. The Bertz CT molecular complexity index is 921. The number of hydrogen-bond acceptors (Lipinski definition) is 3. The van der Waals surface area contributed by atoms with Crippen LogP contribution in [-0.4, -0.2) is 16.9 Å². The third-order valence-corrected chi connectivity index (χ3v) is 4.39. The molecular weight excluding hydrogens is 336 g/mol. The van der Waals surface area contributed by atoms with Gasteiger partial charge in [0.25, 0.3) is 0 Å². The highest BCUT2D eigenvalue weighted by Gasteiger charge is 2.15. The second kappa shape index (κ2) is 7.66. The molecule has 0 bridgehead atoms. The number of benzene rings is 2. The molecule has 1 aromatic heterocycles. The fraction of sp³-hybridized carbons (Fsp3) is 0.250. The smallest absolute Gasteiger partial charge is 0.151 e. The molecule has 0 aliphatic heterocycles. The molecule has 0 fully saturated rings. The van der Waals surface area contributed by atoms with Crippen LogP contribution in [0, 0.1) is 25.5 Å². The number of rotatable bonds is 6. The van der Waals surface area contributed by atoms with E-state index in [1.54, 1.807) is 7.11 Å². The van der Waals surface area contributed by atoms with Crippen molar-refractivity contribution in [2.24, 2.45) is 0 Å². The monoisotopic (exact) mass is 357 g/mol. The lowest BCUT2D eigenvalue weighted by Gasteiger charge is -2.10. The molecular formula is C20H21F2N3O. The molecule has 26 heavy (non-hydrogen) atoms. The van der Waals surface area contributed by atoms with Crippen molar-refractivity contribution in [3.05, 3.63) is 76.6 Å². The first kappa shape index (κ1) is 18.1. The van der Waals surface area contributed by atoms with E-state index in [1.807, 2.05) is 38.1 Å². The highest BCUT2D eigenvalue weighted by molar-refractivity contribution is 5.38. The average Bonchev–Trinajstić information content (AvgIpc) is 2.90. The molecule has 0 radical (unpaired) electrons. The zero-order valence-corrected chi connectivity index (χ0v) is 15.0. The van der Waals surface area contributed by atoms with Gasteiger partial charge >= 0.3 is 0 Å². The van der Waals surface area contributed by atoms with Crippen molar-refractivity contribution in [2.45, 2.75) is 26.9 Å². The van der Waals surface area contributed by atoms with Gasteiger partial charge < -0.3 is 10.1 Å². The summed E-state index contributed by atoms with van der Waals surface area (Å²) in [5.41, 5.74) is 3.91. The van der Waals surface area contributed by atoms with Crippen LogP contribution >= 0.6 is 0 Å². The number of aromatic nitrogens is 2. The minimum Gasteiger partial charge on any atom is -0.496 e. The van der Waals surface area contributed by atoms with E-state index in [1.165, 1.54) is 16.8 Å². The standard InChI is InChI=1S/C20H21F2N3O/c1-13-17(12-23-11-15-6-4-5-7-20(15)26-3)14(2)25(24-13)19-9-8-16(21)10-18(19)22/h4-10,23H,11-12H2,1-3H3. The summed E-state index contributed by atoms with van der Waals surface area (Å²) in [6.45, 7) is 4.98. The van der Waals surface area contributed by atoms with Gasteiger partial charge in [0.1, 0.15) is 17.3 Å². The fourth-order valence-electron chi connectivity index (χ4n) is 2.99.